The molecule has 1 aliphatic heterocycles. The van der Waals surface area contributed by atoms with E-state index < -0.39 is 51.4 Å². The third-order valence-electron chi connectivity index (χ3n) is 6.85. The summed E-state index contributed by atoms with van der Waals surface area (Å²) in [7, 11) is 0. The van der Waals surface area contributed by atoms with Crippen LogP contribution in [0.2, 0.25) is 5.02 Å². The van der Waals surface area contributed by atoms with Gasteiger partial charge in [-0.2, -0.15) is 0 Å². The van der Waals surface area contributed by atoms with Crippen LogP contribution in [0.5, 0.6) is 11.5 Å². The number of nitrogens with one attached hydrogen (secondary N) is 1. The lowest BCUT2D eigenvalue weighted by molar-refractivity contribution is 0.101. The van der Waals surface area contributed by atoms with Crippen molar-refractivity contribution in [2.75, 3.05) is 0 Å². The summed E-state index contributed by atoms with van der Waals surface area (Å²) < 4.78 is 10.6. The van der Waals surface area contributed by atoms with Crippen molar-refractivity contribution in [3.8, 4) is 11.5 Å². The Morgan fingerprint density at radius 1 is 0.683 bits per heavy atom. The number of ketones is 2. The molecule has 3 N–H and O–H groups in total. The molecule has 0 atom stereocenters. The zero-order valence-electron chi connectivity index (χ0n) is 20.9. The average molecular weight is 568 g/mol. The van der Waals surface area contributed by atoms with E-state index in [1.54, 1.807) is 48.5 Å². The smallest absolute Gasteiger partial charge is 0.351 e. The number of allylic oxidation sites excluding steroid dienone is 2. The van der Waals surface area contributed by atoms with Gasteiger partial charge in [0.25, 0.3) is 0 Å². The van der Waals surface area contributed by atoms with Gasteiger partial charge < -0.3 is 24.4 Å². The van der Waals surface area contributed by atoms with E-state index in [0.29, 0.717) is 10.6 Å². The van der Waals surface area contributed by atoms with Crippen LogP contribution in [0.3, 0.4) is 0 Å². The summed E-state index contributed by atoms with van der Waals surface area (Å²) >= 11 is 6.09. The summed E-state index contributed by atoms with van der Waals surface area (Å²) in [4.78, 5) is 53.6. The van der Waals surface area contributed by atoms with Crippen molar-refractivity contribution in [2.24, 2.45) is 0 Å². The molecule has 3 aromatic carbocycles. The number of rotatable bonds is 5. The molecule has 0 bridgehead atoms. The molecule has 3 heterocycles. The highest BCUT2D eigenvalue weighted by Gasteiger charge is 2.37. The van der Waals surface area contributed by atoms with Gasteiger partial charge in [0.1, 0.15) is 22.7 Å². The highest BCUT2D eigenvalue weighted by atomic mass is 35.5. The number of hydrogen-bond acceptors (Lipinski definition) is 9. The molecule has 10 heteroatoms. The predicted octanol–water partition coefficient (Wildman–Crippen LogP) is 5.18. The van der Waals surface area contributed by atoms with Crippen molar-refractivity contribution in [2.45, 2.75) is 5.92 Å². The summed E-state index contributed by atoms with van der Waals surface area (Å²) in [6.45, 7) is 0. The molecule has 41 heavy (non-hydrogen) atoms. The Morgan fingerprint density at radius 2 is 1.12 bits per heavy atom. The molecule has 1 aliphatic rings. The first kappa shape index (κ1) is 25.8. The number of carbonyl (C=O) groups excluding carboxylic acids is 2. The fourth-order valence-electron chi connectivity index (χ4n) is 4.92. The van der Waals surface area contributed by atoms with E-state index in [0.717, 1.165) is 0 Å². The van der Waals surface area contributed by atoms with E-state index in [-0.39, 0.29) is 33.1 Å². The van der Waals surface area contributed by atoms with E-state index in [9.17, 15) is 29.4 Å². The third-order valence-corrected chi connectivity index (χ3v) is 7.11. The number of Topliss-reactive ketones (excluding diaryl/α,β-unsaturated/α-hetero) is 2. The number of hydrogen-bond donors (Lipinski definition) is 3. The van der Waals surface area contributed by atoms with E-state index >= 15 is 0 Å². The lowest BCUT2D eigenvalue weighted by atomic mass is 9.78. The van der Waals surface area contributed by atoms with E-state index in [1.165, 1.54) is 36.7 Å². The highest BCUT2D eigenvalue weighted by molar-refractivity contribution is 6.30. The first-order valence-corrected chi connectivity index (χ1v) is 12.6. The van der Waals surface area contributed by atoms with Crippen LogP contribution in [-0.2, 0) is 0 Å². The monoisotopic (exact) mass is 567 g/mol. The van der Waals surface area contributed by atoms with Gasteiger partial charge in [0.2, 0.25) is 11.6 Å². The second kappa shape index (κ2) is 9.96. The highest BCUT2D eigenvalue weighted by Crippen LogP contribution is 2.40. The lowest BCUT2D eigenvalue weighted by Crippen LogP contribution is -2.29. The maximum absolute atomic E-state index is 13.9. The average Bonchev–Trinajstić information content (AvgIpc) is 2.97. The minimum Gasteiger partial charge on any atom is -0.506 e. The number of aromatic hydroxyl groups is 2. The third kappa shape index (κ3) is 4.29. The molecule has 0 saturated carbocycles. The summed E-state index contributed by atoms with van der Waals surface area (Å²) in [6, 6.07) is 18.6. The van der Waals surface area contributed by atoms with Gasteiger partial charge in [-0.25, -0.2) is 9.59 Å². The van der Waals surface area contributed by atoms with Gasteiger partial charge in [0.15, 0.2) is 11.1 Å². The van der Waals surface area contributed by atoms with Gasteiger partial charge in [-0.05, 0) is 42.0 Å². The molecule has 0 unspecified atom stereocenters. The van der Waals surface area contributed by atoms with Crippen LogP contribution in [0, 0.1) is 0 Å². The van der Waals surface area contributed by atoms with Crippen LogP contribution in [0.15, 0.2) is 115 Å². The number of dihydropyridines is 1. The number of benzene rings is 3. The second-order valence-electron chi connectivity index (χ2n) is 9.23. The van der Waals surface area contributed by atoms with E-state index in [4.69, 9.17) is 20.4 Å². The summed E-state index contributed by atoms with van der Waals surface area (Å²) in [5.74, 6) is -4.13. The predicted molar refractivity (Wildman–Crippen MR) is 150 cm³/mol. The fourth-order valence-corrected chi connectivity index (χ4v) is 5.05. The first-order valence-electron chi connectivity index (χ1n) is 12.3. The molecule has 6 rings (SSSR count). The largest absolute Gasteiger partial charge is 0.506 e. The van der Waals surface area contributed by atoms with Crippen LogP contribution in [0.4, 0.5) is 0 Å². The Kier molecular flexibility index (Phi) is 6.28. The quantitative estimate of drug-likeness (QED) is 0.193. The number of halogens is 1. The maximum atomic E-state index is 13.9. The molecule has 5 aromatic rings. The fraction of sp³-hybridized carbons (Fsp3) is 0.0323. The van der Waals surface area contributed by atoms with Gasteiger partial charge in [-0.15, -0.1) is 0 Å². The molecule has 0 fully saturated rings. The van der Waals surface area contributed by atoms with Crippen molar-refractivity contribution in [3.63, 3.8) is 0 Å². The zero-order chi connectivity index (χ0) is 28.8. The summed E-state index contributed by atoms with van der Waals surface area (Å²) in [5.41, 5.74) is -3.04. The molecule has 0 amide bonds. The number of para-hydroxylation sites is 2. The van der Waals surface area contributed by atoms with Crippen molar-refractivity contribution in [1.82, 2.24) is 5.32 Å². The molecule has 9 nitrogen and oxygen atoms in total. The Balaban J connectivity index is 1.52. The summed E-state index contributed by atoms with van der Waals surface area (Å²) in [6.07, 6.45) is 2.57. The second-order valence-corrected chi connectivity index (χ2v) is 9.66. The first-order chi connectivity index (χ1) is 19.8. The van der Waals surface area contributed by atoms with Crippen molar-refractivity contribution in [1.29, 1.82) is 0 Å². The van der Waals surface area contributed by atoms with Gasteiger partial charge in [-0.3, -0.25) is 9.59 Å². The van der Waals surface area contributed by atoms with E-state index in [2.05, 4.69) is 5.32 Å². The molecule has 0 spiro atoms. The van der Waals surface area contributed by atoms with Crippen LogP contribution >= 0.6 is 11.6 Å². The standard InChI is InChI=1S/C31H18ClNO8/c32-16-11-9-15(10-12-16)23-19(28(36)24-26(34)17-5-1-3-7-21(17)40-30(24)38)13-33-14-20(23)29(37)25-27(35)18-6-2-4-8-22(18)41-31(25)39/h1-14,23,33-35H. The SMILES string of the molecule is O=C(C1=CNC=C(C(=O)c2c(O)c3ccccc3oc2=O)C1c1ccc(Cl)cc1)c1c(O)c2ccccc2oc1=O. The molecule has 0 saturated heterocycles. The van der Waals surface area contributed by atoms with Crippen LogP contribution < -0.4 is 16.6 Å². The van der Waals surface area contributed by atoms with Gasteiger partial charge in [0.05, 0.1) is 10.8 Å². The molecule has 0 aliphatic carbocycles. The molecule has 0 radical (unpaired) electrons. The Bertz CT molecular complexity index is 1960. The van der Waals surface area contributed by atoms with Crippen LogP contribution in [-0.4, -0.2) is 21.8 Å². The van der Waals surface area contributed by atoms with Gasteiger partial charge >= 0.3 is 11.3 Å². The van der Waals surface area contributed by atoms with Gasteiger partial charge in [0, 0.05) is 34.5 Å². The maximum Gasteiger partial charge on any atom is 0.351 e. The Morgan fingerprint density at radius 3 is 1.59 bits per heavy atom. The zero-order valence-corrected chi connectivity index (χ0v) is 21.6. The summed E-state index contributed by atoms with van der Waals surface area (Å²) in [5, 5.41) is 25.3. The van der Waals surface area contributed by atoms with Crippen molar-refractivity contribution < 1.29 is 28.6 Å². The van der Waals surface area contributed by atoms with Gasteiger partial charge in [-0.1, -0.05) is 48.0 Å². The number of carbonyl (C=O) groups is 2. The molecule has 2 aromatic heterocycles. The minimum absolute atomic E-state index is 0.0887. The Hall–Kier alpha value is -5.41. The molecular formula is C31H18ClNO8. The number of fused-ring (bicyclic) bond motifs is 2. The van der Waals surface area contributed by atoms with E-state index in [1.807, 2.05) is 0 Å². The topological polar surface area (TPSA) is 147 Å². The van der Waals surface area contributed by atoms with Crippen LogP contribution in [0.25, 0.3) is 21.9 Å². The molecular weight excluding hydrogens is 550 g/mol. The normalized spacial score (nSPS) is 13.5. The van der Waals surface area contributed by atoms with Crippen LogP contribution in [0.1, 0.15) is 32.2 Å². The Labute approximate surface area is 235 Å². The lowest BCUT2D eigenvalue weighted by Gasteiger charge is -2.26. The minimum atomic E-state index is -1.15. The van der Waals surface area contributed by atoms with Crippen molar-refractivity contribution in [3.05, 3.63) is 139 Å². The van der Waals surface area contributed by atoms with Crippen molar-refractivity contribution >= 4 is 45.1 Å². The molecule has 202 valence electrons.